The van der Waals surface area contributed by atoms with Crippen molar-refractivity contribution in [3.8, 4) is 0 Å². The molecule has 6 saturated heterocycles. The summed E-state index contributed by atoms with van der Waals surface area (Å²) in [5.74, 6) is 1.29. The Labute approximate surface area is 204 Å². The average Bonchev–Trinajstić information content (AvgIpc) is 3.68. The van der Waals surface area contributed by atoms with E-state index in [1.807, 2.05) is 0 Å². The minimum absolute atomic E-state index is 0.0272. The molecule has 6 rings (SSSR count). The monoisotopic (exact) mass is 480 g/mol. The summed E-state index contributed by atoms with van der Waals surface area (Å²) >= 11 is 2.20. The molecule has 8 heteroatoms. The second-order valence-electron chi connectivity index (χ2n) is 10.8. The molecular weight excluding hydrogens is 436 g/mol. The lowest BCUT2D eigenvalue weighted by molar-refractivity contribution is -0.376. The molecule has 188 valence electrons. The Morgan fingerprint density at radius 3 is 2.30 bits per heavy atom. The zero-order valence-corrected chi connectivity index (χ0v) is 21.1. The first-order chi connectivity index (χ1) is 16.4. The normalized spacial score (nSPS) is 46.2. The van der Waals surface area contributed by atoms with Crippen LogP contribution in [0.25, 0.3) is 0 Å². The van der Waals surface area contributed by atoms with Crippen LogP contribution in [0.5, 0.6) is 0 Å². The highest BCUT2D eigenvalue weighted by atomic mass is 32.2. The number of nitrogens with one attached hydrogen (secondary N) is 2. The van der Waals surface area contributed by atoms with Crippen LogP contribution in [0.15, 0.2) is 0 Å². The fraction of sp³-hybridized carbons (Fsp3) is 1.00. The second-order valence-corrected chi connectivity index (χ2v) is 12.1. The van der Waals surface area contributed by atoms with Gasteiger partial charge in [-0.05, 0) is 50.7 Å². The molecule has 0 aromatic carbocycles. The molecular formula is C25H44N4O3S. The molecule has 6 unspecified atom stereocenters. The lowest BCUT2D eigenvalue weighted by atomic mass is 9.59. The van der Waals surface area contributed by atoms with E-state index in [4.69, 9.17) is 14.2 Å². The van der Waals surface area contributed by atoms with Gasteiger partial charge in [-0.15, -0.1) is 0 Å². The third-order valence-electron chi connectivity index (χ3n) is 9.27. The van der Waals surface area contributed by atoms with Crippen LogP contribution >= 0.6 is 11.8 Å². The molecule has 0 radical (unpaired) electrons. The number of piperazine rings is 1. The number of hydrogen-bond acceptors (Lipinski definition) is 8. The highest BCUT2D eigenvalue weighted by molar-refractivity contribution is 8.00. The van der Waals surface area contributed by atoms with Crippen LogP contribution in [0.2, 0.25) is 0 Å². The zero-order chi connectivity index (χ0) is 22.1. The van der Waals surface area contributed by atoms with E-state index in [1.165, 1.54) is 50.7 Å². The highest BCUT2D eigenvalue weighted by Gasteiger charge is 2.73. The lowest BCUT2D eigenvalue weighted by Gasteiger charge is -2.68. The van der Waals surface area contributed by atoms with Gasteiger partial charge in [-0.3, -0.25) is 15.1 Å². The molecule has 6 heterocycles. The Morgan fingerprint density at radius 2 is 1.61 bits per heavy atom. The lowest BCUT2D eigenvalue weighted by Crippen LogP contribution is -2.82. The van der Waals surface area contributed by atoms with Crippen LogP contribution in [0.3, 0.4) is 0 Å². The molecule has 0 saturated carbocycles. The molecule has 6 aliphatic rings. The highest BCUT2D eigenvalue weighted by Crippen LogP contribution is 2.62. The van der Waals surface area contributed by atoms with Gasteiger partial charge in [0.2, 0.25) is 0 Å². The van der Waals surface area contributed by atoms with Crippen LogP contribution < -0.4 is 10.6 Å². The third kappa shape index (κ3) is 3.82. The van der Waals surface area contributed by atoms with E-state index in [1.54, 1.807) is 0 Å². The van der Waals surface area contributed by atoms with Gasteiger partial charge in [-0.25, -0.2) is 0 Å². The molecule has 2 N–H and O–H groups in total. The smallest absolute Gasteiger partial charge is 0.190 e. The van der Waals surface area contributed by atoms with Crippen molar-refractivity contribution in [3.63, 3.8) is 0 Å². The van der Waals surface area contributed by atoms with Crippen molar-refractivity contribution in [1.29, 1.82) is 0 Å². The number of nitrogens with zero attached hydrogens (tertiary/aromatic N) is 2. The van der Waals surface area contributed by atoms with Gasteiger partial charge in [0.05, 0.1) is 24.7 Å². The zero-order valence-electron chi connectivity index (χ0n) is 20.3. The minimum atomic E-state index is -0.422. The molecule has 6 aliphatic heterocycles. The molecule has 33 heavy (non-hydrogen) atoms. The summed E-state index contributed by atoms with van der Waals surface area (Å²) in [6.07, 6.45) is 10.3. The van der Waals surface area contributed by atoms with Crippen LogP contribution in [-0.2, 0) is 14.2 Å². The maximum atomic E-state index is 7.31. The van der Waals surface area contributed by atoms with Crippen molar-refractivity contribution in [3.05, 3.63) is 0 Å². The van der Waals surface area contributed by atoms with Gasteiger partial charge in [-0.2, -0.15) is 11.8 Å². The maximum absolute atomic E-state index is 7.31. The molecule has 0 aromatic rings. The molecule has 7 nitrogen and oxygen atoms in total. The summed E-state index contributed by atoms with van der Waals surface area (Å²) in [5, 5.41) is 8.03. The van der Waals surface area contributed by atoms with E-state index in [0.717, 1.165) is 72.1 Å². The predicted octanol–water partition coefficient (Wildman–Crippen LogP) is 2.07. The van der Waals surface area contributed by atoms with E-state index >= 15 is 0 Å². The van der Waals surface area contributed by atoms with E-state index in [9.17, 15) is 0 Å². The standard InChI is InChI=1S/C25H44N4O3S/c1-2-12-28(13-3-1)25(29-14-9-26-10-15-29)24(22-7-5-19-33-22,23-27-11-18-31-23)20(8-17-32-25)21-6-4-16-30-21/h20-23,26-27H,1-19H2. The van der Waals surface area contributed by atoms with Crippen molar-refractivity contribution in [2.75, 3.05) is 71.4 Å². The van der Waals surface area contributed by atoms with Gasteiger partial charge in [0.1, 0.15) is 6.23 Å². The number of hydrogen-bond donors (Lipinski definition) is 2. The fourth-order valence-corrected chi connectivity index (χ4v) is 9.79. The van der Waals surface area contributed by atoms with Crippen molar-refractivity contribution in [2.24, 2.45) is 11.3 Å². The molecule has 6 atom stereocenters. The summed E-state index contributed by atoms with van der Waals surface area (Å²) < 4.78 is 20.6. The van der Waals surface area contributed by atoms with Crippen molar-refractivity contribution in [2.45, 2.75) is 74.8 Å². The quantitative estimate of drug-likeness (QED) is 0.620. The predicted molar refractivity (Wildman–Crippen MR) is 131 cm³/mol. The van der Waals surface area contributed by atoms with Crippen LogP contribution in [0.4, 0.5) is 0 Å². The van der Waals surface area contributed by atoms with Crippen LogP contribution in [0.1, 0.15) is 51.4 Å². The Bertz CT molecular complexity index is 606. The first kappa shape index (κ1) is 23.5. The Hall–Kier alpha value is 0.0700. The summed E-state index contributed by atoms with van der Waals surface area (Å²) in [6, 6.07) is 0. The molecule has 0 aliphatic carbocycles. The molecule has 0 spiro atoms. The third-order valence-corrected chi connectivity index (χ3v) is 10.8. The second kappa shape index (κ2) is 10.2. The maximum Gasteiger partial charge on any atom is 0.190 e. The van der Waals surface area contributed by atoms with E-state index in [2.05, 4.69) is 32.2 Å². The number of ether oxygens (including phenoxy) is 3. The summed E-state index contributed by atoms with van der Waals surface area (Å²) in [5.41, 5.74) is -0.146. The SMILES string of the molecule is C1CCN(C2(N3CCNCC3)OCCC(C3CCCO3)C2(C2NCCO2)C2CCCS2)CC1. The van der Waals surface area contributed by atoms with E-state index < -0.39 is 5.85 Å². The van der Waals surface area contributed by atoms with Gasteiger partial charge < -0.3 is 19.5 Å². The topological polar surface area (TPSA) is 58.2 Å². The number of piperidine rings is 1. The largest absolute Gasteiger partial charge is 0.378 e. The average molecular weight is 481 g/mol. The number of likely N-dealkylation sites (tertiary alicyclic amines) is 1. The Morgan fingerprint density at radius 1 is 0.758 bits per heavy atom. The molecule has 6 fully saturated rings. The first-order valence-corrected chi connectivity index (χ1v) is 14.9. The van der Waals surface area contributed by atoms with Gasteiger partial charge >= 0.3 is 0 Å². The minimum Gasteiger partial charge on any atom is -0.378 e. The fourth-order valence-electron chi connectivity index (χ4n) is 8.11. The first-order valence-electron chi connectivity index (χ1n) is 13.8. The number of thioether (sulfide) groups is 1. The van der Waals surface area contributed by atoms with Gasteiger partial charge in [0, 0.05) is 63.6 Å². The van der Waals surface area contributed by atoms with Gasteiger partial charge in [0.25, 0.3) is 0 Å². The van der Waals surface area contributed by atoms with Gasteiger partial charge in [0.15, 0.2) is 5.85 Å². The number of rotatable bonds is 5. The van der Waals surface area contributed by atoms with Crippen molar-refractivity contribution in [1.82, 2.24) is 20.4 Å². The molecule has 0 bridgehead atoms. The van der Waals surface area contributed by atoms with E-state index in [-0.39, 0.29) is 11.6 Å². The van der Waals surface area contributed by atoms with Crippen molar-refractivity contribution >= 4 is 11.8 Å². The summed E-state index contributed by atoms with van der Waals surface area (Å²) in [6.45, 7) is 9.92. The van der Waals surface area contributed by atoms with E-state index in [0.29, 0.717) is 17.3 Å². The summed E-state index contributed by atoms with van der Waals surface area (Å²) in [4.78, 5) is 5.53. The Kier molecular flexibility index (Phi) is 7.26. The Balaban J connectivity index is 1.54. The van der Waals surface area contributed by atoms with Crippen LogP contribution in [0, 0.1) is 11.3 Å². The molecule has 0 amide bonds. The van der Waals surface area contributed by atoms with Crippen LogP contribution in [-0.4, -0.2) is 105 Å². The molecule has 0 aromatic heterocycles. The summed E-state index contributed by atoms with van der Waals surface area (Å²) in [7, 11) is 0. The van der Waals surface area contributed by atoms with Gasteiger partial charge in [-0.1, -0.05) is 6.42 Å². The van der Waals surface area contributed by atoms with Crippen molar-refractivity contribution < 1.29 is 14.2 Å².